The predicted molar refractivity (Wildman–Crippen MR) is 73.5 cm³/mol. The van der Waals surface area contributed by atoms with Gasteiger partial charge in [-0.25, -0.2) is 12.8 Å². The van der Waals surface area contributed by atoms with Crippen molar-refractivity contribution in [1.82, 2.24) is 5.32 Å². The van der Waals surface area contributed by atoms with Crippen LogP contribution >= 0.6 is 15.9 Å². The van der Waals surface area contributed by atoms with Crippen molar-refractivity contribution in [3.8, 4) is 0 Å². The quantitative estimate of drug-likeness (QED) is 0.841. The summed E-state index contributed by atoms with van der Waals surface area (Å²) < 4.78 is 36.9. The first-order chi connectivity index (χ1) is 8.89. The second-order valence-corrected chi connectivity index (χ2v) is 7.58. The molecular formula is C12H13BrFNO3S. The summed E-state index contributed by atoms with van der Waals surface area (Å²) in [6.45, 7) is 0.335. The average molecular weight is 350 g/mol. The van der Waals surface area contributed by atoms with Gasteiger partial charge in [-0.2, -0.15) is 0 Å². The van der Waals surface area contributed by atoms with Crippen LogP contribution in [0.1, 0.15) is 16.8 Å². The molecule has 1 aromatic carbocycles. The molecule has 1 N–H and O–H groups in total. The van der Waals surface area contributed by atoms with Crippen LogP contribution in [0.25, 0.3) is 0 Å². The van der Waals surface area contributed by atoms with Gasteiger partial charge >= 0.3 is 0 Å². The van der Waals surface area contributed by atoms with E-state index in [0.29, 0.717) is 6.54 Å². The topological polar surface area (TPSA) is 63.2 Å². The van der Waals surface area contributed by atoms with Gasteiger partial charge in [0, 0.05) is 19.0 Å². The number of hydrogen-bond donors (Lipinski definition) is 1. The fourth-order valence-electron chi connectivity index (χ4n) is 2.05. The summed E-state index contributed by atoms with van der Waals surface area (Å²) in [5, 5.41) is 2.98. The van der Waals surface area contributed by atoms with Crippen molar-refractivity contribution in [1.29, 1.82) is 0 Å². The van der Waals surface area contributed by atoms with Crippen molar-refractivity contribution in [3.63, 3.8) is 0 Å². The number of Topliss-reactive ketones (excluding diaryl/α,β-unsaturated/α-hetero) is 1. The maximum Gasteiger partial charge on any atom is 0.167 e. The normalized spacial score (nSPS) is 22.1. The summed E-state index contributed by atoms with van der Waals surface area (Å²) in [6.07, 6.45) is -0.0212. The molecule has 19 heavy (non-hydrogen) atoms. The molecule has 0 radical (unpaired) electrons. The van der Waals surface area contributed by atoms with Crippen LogP contribution in [0.15, 0.2) is 22.7 Å². The van der Waals surface area contributed by atoms with Gasteiger partial charge < -0.3 is 5.32 Å². The molecule has 104 valence electrons. The summed E-state index contributed by atoms with van der Waals surface area (Å²) in [4.78, 5) is 12.0. The number of benzene rings is 1. The van der Waals surface area contributed by atoms with Crippen LogP contribution in [0, 0.1) is 5.82 Å². The van der Waals surface area contributed by atoms with E-state index >= 15 is 0 Å². The minimum Gasteiger partial charge on any atom is -0.312 e. The Hall–Kier alpha value is -0.790. The first-order valence-corrected chi connectivity index (χ1v) is 8.41. The molecule has 2 rings (SSSR count). The lowest BCUT2D eigenvalue weighted by molar-refractivity contribution is 0.0967. The maximum atomic E-state index is 13.8. The lowest BCUT2D eigenvalue weighted by Crippen LogP contribution is -2.46. The molecule has 1 unspecified atom stereocenters. The number of rotatable bonds is 3. The largest absolute Gasteiger partial charge is 0.312 e. The predicted octanol–water partition coefficient (Wildman–Crippen LogP) is 1.55. The molecule has 0 spiro atoms. The number of nitrogens with one attached hydrogen (secondary N) is 1. The van der Waals surface area contributed by atoms with Crippen molar-refractivity contribution in [2.75, 3.05) is 18.1 Å². The lowest BCUT2D eigenvalue weighted by atomic mass is 10.0. The SMILES string of the molecule is O=C(CC1CS(=O)(=O)CCN1)c1cccc(Br)c1F. The van der Waals surface area contributed by atoms with Gasteiger partial charge in [0.15, 0.2) is 15.6 Å². The summed E-state index contributed by atoms with van der Waals surface area (Å²) in [5.41, 5.74) is -0.0147. The number of carbonyl (C=O) groups is 1. The lowest BCUT2D eigenvalue weighted by Gasteiger charge is -2.23. The van der Waals surface area contributed by atoms with E-state index in [1.54, 1.807) is 6.07 Å². The van der Waals surface area contributed by atoms with Gasteiger partial charge in [0.05, 0.1) is 21.5 Å². The Morgan fingerprint density at radius 2 is 2.21 bits per heavy atom. The molecule has 1 fully saturated rings. The molecule has 0 bridgehead atoms. The Morgan fingerprint density at radius 3 is 2.89 bits per heavy atom. The van der Waals surface area contributed by atoms with E-state index in [9.17, 15) is 17.6 Å². The fraction of sp³-hybridized carbons (Fsp3) is 0.417. The molecule has 7 heteroatoms. The van der Waals surface area contributed by atoms with E-state index in [-0.39, 0.29) is 28.0 Å². The van der Waals surface area contributed by atoms with Crippen molar-refractivity contribution >= 4 is 31.6 Å². The van der Waals surface area contributed by atoms with Gasteiger partial charge in [-0.3, -0.25) is 4.79 Å². The molecule has 1 saturated heterocycles. The van der Waals surface area contributed by atoms with E-state index in [2.05, 4.69) is 21.2 Å². The molecule has 0 saturated carbocycles. The molecular weight excluding hydrogens is 337 g/mol. The minimum absolute atomic E-state index is 0.0147. The number of ketones is 1. The second-order valence-electron chi connectivity index (χ2n) is 4.49. The molecule has 0 aromatic heterocycles. The Kier molecular flexibility index (Phi) is 4.37. The van der Waals surface area contributed by atoms with E-state index < -0.39 is 27.5 Å². The Bertz CT molecular complexity index is 603. The summed E-state index contributed by atoms with van der Waals surface area (Å²) in [5.74, 6) is -0.989. The smallest absolute Gasteiger partial charge is 0.167 e. The number of carbonyl (C=O) groups excluding carboxylic acids is 1. The van der Waals surface area contributed by atoms with Crippen molar-refractivity contribution in [2.24, 2.45) is 0 Å². The van der Waals surface area contributed by atoms with Crippen molar-refractivity contribution < 1.29 is 17.6 Å². The highest BCUT2D eigenvalue weighted by molar-refractivity contribution is 9.10. The van der Waals surface area contributed by atoms with Gasteiger partial charge in [-0.1, -0.05) is 6.07 Å². The van der Waals surface area contributed by atoms with Crippen LogP contribution in [0.5, 0.6) is 0 Å². The number of hydrogen-bond acceptors (Lipinski definition) is 4. The first kappa shape index (κ1) is 14.6. The van der Waals surface area contributed by atoms with Crippen LogP contribution in [-0.4, -0.2) is 38.3 Å². The third-order valence-corrected chi connectivity index (χ3v) is 5.33. The molecule has 0 amide bonds. The molecule has 1 atom stereocenters. The highest BCUT2D eigenvalue weighted by Gasteiger charge is 2.27. The fourth-order valence-corrected chi connectivity index (χ4v) is 3.86. The molecule has 1 aromatic rings. The standard InChI is InChI=1S/C12H13BrFNO3S/c13-10-3-1-2-9(12(10)14)11(16)6-8-7-19(17,18)5-4-15-8/h1-3,8,15H,4-7H2. The van der Waals surface area contributed by atoms with Crippen LogP contribution in [0.4, 0.5) is 4.39 Å². The molecule has 1 heterocycles. The third kappa shape index (κ3) is 3.61. The molecule has 1 aliphatic heterocycles. The zero-order chi connectivity index (χ0) is 14.0. The Morgan fingerprint density at radius 1 is 1.47 bits per heavy atom. The van der Waals surface area contributed by atoms with Gasteiger partial charge in [-0.05, 0) is 28.1 Å². The minimum atomic E-state index is -3.10. The number of sulfone groups is 1. The number of halogens is 2. The van der Waals surface area contributed by atoms with Gasteiger partial charge in [0.1, 0.15) is 5.82 Å². The molecule has 1 aliphatic rings. The summed E-state index contributed by atoms with van der Waals surface area (Å²) in [7, 11) is -3.10. The van der Waals surface area contributed by atoms with Crippen LogP contribution < -0.4 is 5.32 Å². The van der Waals surface area contributed by atoms with Gasteiger partial charge in [-0.15, -0.1) is 0 Å². The van der Waals surface area contributed by atoms with E-state index in [1.165, 1.54) is 12.1 Å². The molecule has 0 aliphatic carbocycles. The van der Waals surface area contributed by atoms with Crippen LogP contribution in [-0.2, 0) is 9.84 Å². The summed E-state index contributed by atoms with van der Waals surface area (Å²) in [6, 6.07) is 4.05. The van der Waals surface area contributed by atoms with E-state index in [0.717, 1.165) is 0 Å². The van der Waals surface area contributed by atoms with Crippen molar-refractivity contribution in [3.05, 3.63) is 34.1 Å². The monoisotopic (exact) mass is 349 g/mol. The highest BCUT2D eigenvalue weighted by Crippen LogP contribution is 2.20. The first-order valence-electron chi connectivity index (χ1n) is 5.80. The Balaban J connectivity index is 2.11. The summed E-state index contributed by atoms with van der Waals surface area (Å²) >= 11 is 3.02. The maximum absolute atomic E-state index is 13.8. The highest BCUT2D eigenvalue weighted by atomic mass is 79.9. The Labute approximate surface area is 119 Å². The van der Waals surface area contributed by atoms with Crippen molar-refractivity contribution in [2.45, 2.75) is 12.5 Å². The average Bonchev–Trinajstić information content (AvgIpc) is 2.31. The molecule has 4 nitrogen and oxygen atoms in total. The van der Waals surface area contributed by atoms with Crippen LogP contribution in [0.3, 0.4) is 0 Å². The third-order valence-electron chi connectivity index (χ3n) is 2.98. The zero-order valence-electron chi connectivity index (χ0n) is 10.0. The zero-order valence-corrected chi connectivity index (χ0v) is 12.4. The van der Waals surface area contributed by atoms with Crippen LogP contribution in [0.2, 0.25) is 0 Å². The second kappa shape index (κ2) is 5.68. The van der Waals surface area contributed by atoms with Gasteiger partial charge in [0.25, 0.3) is 0 Å². The van der Waals surface area contributed by atoms with E-state index in [1.807, 2.05) is 0 Å². The van der Waals surface area contributed by atoms with Gasteiger partial charge in [0.2, 0.25) is 0 Å². The van der Waals surface area contributed by atoms with E-state index in [4.69, 9.17) is 0 Å².